The minimum atomic E-state index is -0.928. The Labute approximate surface area is 219 Å². The molecule has 1 unspecified atom stereocenters. The predicted octanol–water partition coefficient (Wildman–Crippen LogP) is 5.68. The zero-order valence-electron chi connectivity index (χ0n) is 20.4. The lowest BCUT2D eigenvalue weighted by Gasteiger charge is -2.20. The normalized spacial score (nSPS) is 12.6. The Morgan fingerprint density at radius 2 is 1.39 bits per heavy atom. The van der Waals surface area contributed by atoms with Crippen LogP contribution in [0, 0.1) is 10.1 Å². The van der Waals surface area contributed by atoms with Crippen LogP contribution in [-0.2, 0) is 16.0 Å². The number of amides is 2. The number of nitro groups is 1. The van der Waals surface area contributed by atoms with E-state index < -0.39 is 23.0 Å². The summed E-state index contributed by atoms with van der Waals surface area (Å²) < 4.78 is 5.65. The summed E-state index contributed by atoms with van der Waals surface area (Å²) in [5.74, 6) is -0.564. The van der Waals surface area contributed by atoms with Crippen LogP contribution in [0.3, 0.4) is 0 Å². The fourth-order valence-corrected chi connectivity index (χ4v) is 4.74. The fourth-order valence-electron chi connectivity index (χ4n) is 4.74. The van der Waals surface area contributed by atoms with E-state index in [0.717, 1.165) is 27.8 Å². The lowest BCUT2D eigenvalue weighted by atomic mass is 9.98. The molecule has 5 rings (SSSR count). The number of benzene rings is 4. The van der Waals surface area contributed by atoms with Gasteiger partial charge in [-0.3, -0.25) is 14.9 Å². The standard InChI is InChI=1S/C30H25N3O5/c34-29(31-21-14-16-22(17-15-21)33(36)37)28(18-20-8-2-1-3-9-20)32-30(35)38-19-27-25-12-6-4-10-23(25)24-11-5-7-13-26(24)27/h1-17,27-28H,18-19H2,(H,31,34)(H,32,35). The average Bonchev–Trinajstić information content (AvgIpc) is 3.26. The smallest absolute Gasteiger partial charge is 0.407 e. The van der Waals surface area contributed by atoms with E-state index in [1.807, 2.05) is 66.7 Å². The molecule has 0 aromatic heterocycles. The summed E-state index contributed by atoms with van der Waals surface area (Å²) in [4.78, 5) is 36.5. The van der Waals surface area contributed by atoms with Crippen molar-refractivity contribution in [2.75, 3.05) is 11.9 Å². The van der Waals surface area contributed by atoms with Crippen molar-refractivity contribution in [3.8, 4) is 11.1 Å². The minimum absolute atomic E-state index is 0.0828. The number of carbonyl (C=O) groups excluding carboxylic acids is 2. The predicted molar refractivity (Wildman–Crippen MR) is 144 cm³/mol. The van der Waals surface area contributed by atoms with Gasteiger partial charge in [-0.1, -0.05) is 78.9 Å². The molecule has 8 heteroatoms. The third-order valence-corrected chi connectivity index (χ3v) is 6.58. The molecule has 0 aliphatic heterocycles. The highest BCUT2D eigenvalue weighted by atomic mass is 16.6. The van der Waals surface area contributed by atoms with E-state index in [0.29, 0.717) is 5.69 Å². The maximum atomic E-state index is 13.1. The maximum Gasteiger partial charge on any atom is 0.407 e. The van der Waals surface area contributed by atoms with Crippen LogP contribution in [0.15, 0.2) is 103 Å². The van der Waals surface area contributed by atoms with Crippen LogP contribution >= 0.6 is 0 Å². The number of hydrogen-bond acceptors (Lipinski definition) is 5. The van der Waals surface area contributed by atoms with Gasteiger partial charge in [0.1, 0.15) is 12.6 Å². The van der Waals surface area contributed by atoms with Crippen molar-refractivity contribution in [3.05, 3.63) is 130 Å². The first kappa shape index (κ1) is 24.7. The van der Waals surface area contributed by atoms with Gasteiger partial charge in [-0.25, -0.2) is 4.79 Å². The van der Waals surface area contributed by atoms with Gasteiger partial charge in [0.2, 0.25) is 5.91 Å². The number of non-ortho nitro benzene ring substituents is 1. The van der Waals surface area contributed by atoms with Crippen molar-refractivity contribution < 1.29 is 19.2 Å². The van der Waals surface area contributed by atoms with E-state index in [1.54, 1.807) is 0 Å². The number of hydrogen-bond donors (Lipinski definition) is 2. The molecular formula is C30H25N3O5. The first-order valence-corrected chi connectivity index (χ1v) is 12.2. The second kappa shape index (κ2) is 11.0. The summed E-state index contributed by atoms with van der Waals surface area (Å²) in [6.07, 6.45) is -0.462. The molecule has 2 N–H and O–H groups in total. The summed E-state index contributed by atoms with van der Waals surface area (Å²) >= 11 is 0. The van der Waals surface area contributed by atoms with Crippen molar-refractivity contribution in [3.63, 3.8) is 0 Å². The molecule has 0 bridgehead atoms. The van der Waals surface area contributed by atoms with Crippen molar-refractivity contribution >= 4 is 23.4 Å². The van der Waals surface area contributed by atoms with E-state index in [4.69, 9.17) is 4.74 Å². The zero-order valence-corrected chi connectivity index (χ0v) is 20.4. The van der Waals surface area contributed by atoms with Gasteiger partial charge in [0, 0.05) is 30.2 Å². The molecule has 1 atom stereocenters. The topological polar surface area (TPSA) is 111 Å². The Kier molecular flexibility index (Phi) is 7.13. The second-order valence-corrected chi connectivity index (χ2v) is 9.01. The number of anilines is 1. The van der Waals surface area contributed by atoms with Crippen molar-refractivity contribution in [2.24, 2.45) is 0 Å². The van der Waals surface area contributed by atoms with Crippen LogP contribution in [0.2, 0.25) is 0 Å². The molecular weight excluding hydrogens is 482 g/mol. The quantitative estimate of drug-likeness (QED) is 0.235. The van der Waals surface area contributed by atoms with Gasteiger partial charge < -0.3 is 15.4 Å². The number of alkyl carbamates (subject to hydrolysis) is 1. The van der Waals surface area contributed by atoms with Crippen LogP contribution in [0.1, 0.15) is 22.6 Å². The first-order valence-electron chi connectivity index (χ1n) is 12.2. The van der Waals surface area contributed by atoms with Gasteiger partial charge >= 0.3 is 6.09 Å². The number of nitrogens with one attached hydrogen (secondary N) is 2. The summed E-state index contributed by atoms with van der Waals surface area (Å²) in [6.45, 7) is 0.127. The number of nitrogens with zero attached hydrogens (tertiary/aromatic N) is 1. The summed E-state index contributed by atoms with van der Waals surface area (Å²) in [7, 11) is 0. The molecule has 0 saturated carbocycles. The average molecular weight is 508 g/mol. The molecule has 0 heterocycles. The lowest BCUT2D eigenvalue weighted by Crippen LogP contribution is -2.45. The van der Waals surface area contributed by atoms with E-state index in [-0.39, 0.29) is 24.6 Å². The Morgan fingerprint density at radius 1 is 0.816 bits per heavy atom. The Bertz CT molecular complexity index is 1430. The minimum Gasteiger partial charge on any atom is -0.449 e. The van der Waals surface area contributed by atoms with Crippen LogP contribution in [-0.4, -0.2) is 29.6 Å². The second-order valence-electron chi connectivity index (χ2n) is 9.01. The van der Waals surface area contributed by atoms with Gasteiger partial charge in [0.15, 0.2) is 0 Å². The van der Waals surface area contributed by atoms with Crippen molar-refractivity contribution in [1.29, 1.82) is 0 Å². The summed E-state index contributed by atoms with van der Waals surface area (Å²) in [5.41, 5.74) is 5.60. The van der Waals surface area contributed by atoms with E-state index in [1.165, 1.54) is 24.3 Å². The third-order valence-electron chi connectivity index (χ3n) is 6.58. The SMILES string of the molecule is O=C(NC(Cc1ccccc1)C(=O)Nc1ccc([N+](=O)[O-])cc1)OCC1c2ccccc2-c2ccccc21. The van der Waals surface area contributed by atoms with Crippen molar-refractivity contribution in [1.82, 2.24) is 5.32 Å². The van der Waals surface area contributed by atoms with Crippen LogP contribution in [0.25, 0.3) is 11.1 Å². The zero-order chi connectivity index (χ0) is 26.5. The monoisotopic (exact) mass is 507 g/mol. The molecule has 0 radical (unpaired) electrons. The molecule has 0 fully saturated rings. The van der Waals surface area contributed by atoms with E-state index >= 15 is 0 Å². The number of ether oxygens (including phenoxy) is 1. The third kappa shape index (κ3) is 5.39. The van der Waals surface area contributed by atoms with Gasteiger partial charge in [0.25, 0.3) is 5.69 Å². The van der Waals surface area contributed by atoms with Gasteiger partial charge in [-0.15, -0.1) is 0 Å². The first-order chi connectivity index (χ1) is 18.5. The molecule has 4 aromatic rings. The maximum absolute atomic E-state index is 13.1. The van der Waals surface area contributed by atoms with Gasteiger partial charge in [-0.2, -0.15) is 0 Å². The van der Waals surface area contributed by atoms with Crippen molar-refractivity contribution in [2.45, 2.75) is 18.4 Å². The molecule has 8 nitrogen and oxygen atoms in total. The largest absolute Gasteiger partial charge is 0.449 e. The Balaban J connectivity index is 1.28. The molecule has 0 saturated heterocycles. The molecule has 190 valence electrons. The summed E-state index contributed by atoms with van der Waals surface area (Å²) in [5, 5.41) is 16.3. The number of rotatable bonds is 8. The molecule has 0 spiro atoms. The van der Waals surface area contributed by atoms with Crippen LogP contribution in [0.5, 0.6) is 0 Å². The molecule has 1 aliphatic rings. The number of nitro benzene ring substituents is 1. The van der Waals surface area contributed by atoms with Crippen LogP contribution in [0.4, 0.5) is 16.2 Å². The number of carbonyl (C=O) groups is 2. The number of fused-ring (bicyclic) bond motifs is 3. The Morgan fingerprint density at radius 3 is 2.00 bits per heavy atom. The molecule has 38 heavy (non-hydrogen) atoms. The van der Waals surface area contributed by atoms with E-state index in [9.17, 15) is 19.7 Å². The molecule has 1 aliphatic carbocycles. The Hall–Kier alpha value is -4.98. The highest BCUT2D eigenvalue weighted by Gasteiger charge is 2.30. The fraction of sp³-hybridized carbons (Fsp3) is 0.133. The molecule has 4 aromatic carbocycles. The van der Waals surface area contributed by atoms with Crippen LogP contribution < -0.4 is 10.6 Å². The lowest BCUT2D eigenvalue weighted by molar-refractivity contribution is -0.384. The van der Waals surface area contributed by atoms with E-state index in [2.05, 4.69) is 22.8 Å². The highest BCUT2D eigenvalue weighted by molar-refractivity contribution is 5.96. The highest BCUT2D eigenvalue weighted by Crippen LogP contribution is 2.44. The summed E-state index contributed by atoms with van der Waals surface area (Å²) in [6, 6.07) is 30.0. The van der Waals surface area contributed by atoms with Gasteiger partial charge in [-0.05, 0) is 39.9 Å². The molecule has 2 amide bonds. The van der Waals surface area contributed by atoms with Gasteiger partial charge in [0.05, 0.1) is 4.92 Å².